The summed E-state index contributed by atoms with van der Waals surface area (Å²) in [5, 5.41) is 4.01. The Kier molecular flexibility index (Phi) is 4.47. The van der Waals surface area contributed by atoms with E-state index in [9.17, 15) is 4.79 Å². The van der Waals surface area contributed by atoms with Gasteiger partial charge in [0.15, 0.2) is 0 Å². The predicted octanol–water partition coefficient (Wildman–Crippen LogP) is 4.04. The van der Waals surface area contributed by atoms with Crippen LogP contribution in [0.5, 0.6) is 5.75 Å². The average molecular weight is 320 g/mol. The highest BCUT2D eigenvalue weighted by Crippen LogP contribution is 2.26. The van der Waals surface area contributed by atoms with Gasteiger partial charge in [0, 0.05) is 10.9 Å². The number of pyridine rings is 1. The summed E-state index contributed by atoms with van der Waals surface area (Å²) in [6.07, 6.45) is 0. The Hall–Kier alpha value is -2.88. The zero-order valence-corrected chi connectivity index (χ0v) is 14.0. The lowest BCUT2D eigenvalue weighted by Crippen LogP contribution is -2.27. The Bertz CT molecular complexity index is 890. The van der Waals surface area contributed by atoms with Crippen molar-refractivity contribution in [1.29, 1.82) is 0 Å². The van der Waals surface area contributed by atoms with Crippen LogP contribution in [-0.4, -0.2) is 18.0 Å². The van der Waals surface area contributed by atoms with Gasteiger partial charge < -0.3 is 10.1 Å². The molecule has 1 aromatic heterocycles. The zero-order chi connectivity index (χ0) is 17.1. The third-order valence-corrected chi connectivity index (χ3v) is 4.03. The molecule has 0 radical (unpaired) electrons. The fourth-order valence-electron chi connectivity index (χ4n) is 2.73. The molecule has 1 N–H and O–H groups in total. The molecule has 0 aliphatic rings. The van der Waals surface area contributed by atoms with Crippen molar-refractivity contribution in [3.8, 4) is 5.75 Å². The summed E-state index contributed by atoms with van der Waals surface area (Å²) in [4.78, 5) is 17.0. The SMILES string of the molecule is COc1ccc(C)cc1[C@H](C)NC(=O)c1ccc2ccccc2n1. The number of fused-ring (bicyclic) bond motifs is 1. The lowest BCUT2D eigenvalue weighted by atomic mass is 10.0. The number of nitrogens with one attached hydrogen (secondary N) is 1. The van der Waals surface area contributed by atoms with Crippen LogP contribution in [0, 0.1) is 6.92 Å². The average Bonchev–Trinajstić information content (AvgIpc) is 2.61. The first kappa shape index (κ1) is 16.0. The third kappa shape index (κ3) is 3.23. The lowest BCUT2D eigenvalue weighted by Gasteiger charge is -2.18. The first-order valence-corrected chi connectivity index (χ1v) is 7.89. The van der Waals surface area contributed by atoms with E-state index in [-0.39, 0.29) is 11.9 Å². The summed E-state index contributed by atoms with van der Waals surface area (Å²) >= 11 is 0. The van der Waals surface area contributed by atoms with Crippen molar-refractivity contribution in [3.05, 3.63) is 71.4 Å². The van der Waals surface area contributed by atoms with Crippen LogP contribution in [0.2, 0.25) is 0 Å². The number of nitrogens with zero attached hydrogens (tertiary/aromatic N) is 1. The first-order chi connectivity index (χ1) is 11.6. The number of aromatic nitrogens is 1. The van der Waals surface area contributed by atoms with E-state index >= 15 is 0 Å². The molecule has 0 bridgehead atoms. The third-order valence-electron chi connectivity index (χ3n) is 4.03. The van der Waals surface area contributed by atoms with Gasteiger partial charge in [-0.1, -0.05) is 42.0 Å². The highest BCUT2D eigenvalue weighted by Gasteiger charge is 2.16. The van der Waals surface area contributed by atoms with Gasteiger partial charge in [-0.3, -0.25) is 4.79 Å². The van der Waals surface area contributed by atoms with Crippen molar-refractivity contribution in [1.82, 2.24) is 10.3 Å². The molecule has 1 amide bonds. The Labute approximate surface area is 141 Å². The minimum atomic E-state index is -0.197. The molecule has 0 saturated heterocycles. The molecule has 2 aromatic carbocycles. The number of carbonyl (C=O) groups excluding carboxylic acids is 1. The topological polar surface area (TPSA) is 51.2 Å². The molecule has 3 rings (SSSR count). The van der Waals surface area contributed by atoms with Gasteiger partial charge in [-0.2, -0.15) is 0 Å². The Morgan fingerprint density at radius 3 is 2.71 bits per heavy atom. The van der Waals surface area contributed by atoms with Crippen molar-refractivity contribution < 1.29 is 9.53 Å². The maximum atomic E-state index is 12.5. The summed E-state index contributed by atoms with van der Waals surface area (Å²) in [5.74, 6) is 0.566. The molecule has 0 saturated carbocycles. The second-order valence-corrected chi connectivity index (χ2v) is 5.83. The number of para-hydroxylation sites is 1. The standard InChI is InChI=1S/C20H20N2O2/c1-13-8-11-19(24-3)16(12-13)14(2)21-20(23)18-10-9-15-6-4-5-7-17(15)22-18/h4-12,14H,1-3H3,(H,21,23)/t14-/m0/s1. The highest BCUT2D eigenvalue weighted by molar-refractivity contribution is 5.95. The summed E-state index contributed by atoms with van der Waals surface area (Å²) in [5.41, 5.74) is 3.29. The number of ether oxygens (including phenoxy) is 1. The summed E-state index contributed by atoms with van der Waals surface area (Å²) in [6, 6.07) is 17.2. The van der Waals surface area contributed by atoms with Crippen LogP contribution in [0.25, 0.3) is 10.9 Å². The molecule has 3 aromatic rings. The number of amides is 1. The second kappa shape index (κ2) is 6.71. The van der Waals surface area contributed by atoms with E-state index in [2.05, 4.69) is 10.3 Å². The van der Waals surface area contributed by atoms with E-state index in [1.165, 1.54) is 0 Å². The predicted molar refractivity (Wildman–Crippen MR) is 95.4 cm³/mol. The molecule has 122 valence electrons. The van der Waals surface area contributed by atoms with Crippen molar-refractivity contribution in [2.45, 2.75) is 19.9 Å². The van der Waals surface area contributed by atoms with Crippen LogP contribution in [-0.2, 0) is 0 Å². The van der Waals surface area contributed by atoms with Gasteiger partial charge >= 0.3 is 0 Å². The van der Waals surface area contributed by atoms with Crippen molar-refractivity contribution in [2.24, 2.45) is 0 Å². The molecule has 0 aliphatic carbocycles. The molecular formula is C20H20N2O2. The molecule has 0 fully saturated rings. The molecule has 4 nitrogen and oxygen atoms in total. The number of methoxy groups -OCH3 is 1. The Balaban J connectivity index is 1.84. The normalized spacial score (nSPS) is 12.0. The molecule has 4 heteroatoms. The Morgan fingerprint density at radius 1 is 1.12 bits per heavy atom. The van der Waals surface area contributed by atoms with Crippen LogP contribution in [0.15, 0.2) is 54.6 Å². The first-order valence-electron chi connectivity index (χ1n) is 7.89. The quantitative estimate of drug-likeness (QED) is 0.789. The number of carbonyl (C=O) groups is 1. The van der Waals surface area contributed by atoms with Crippen LogP contribution in [0.3, 0.4) is 0 Å². The van der Waals surface area contributed by atoms with E-state index in [0.29, 0.717) is 5.69 Å². The van der Waals surface area contributed by atoms with Gasteiger partial charge in [0.1, 0.15) is 11.4 Å². The molecule has 24 heavy (non-hydrogen) atoms. The monoisotopic (exact) mass is 320 g/mol. The van der Waals surface area contributed by atoms with Crippen molar-refractivity contribution in [2.75, 3.05) is 7.11 Å². The number of hydrogen-bond donors (Lipinski definition) is 1. The van der Waals surface area contributed by atoms with Gasteiger partial charge in [-0.05, 0) is 32.0 Å². The van der Waals surface area contributed by atoms with E-state index in [0.717, 1.165) is 27.8 Å². The maximum Gasteiger partial charge on any atom is 0.270 e. The molecule has 1 heterocycles. The summed E-state index contributed by atoms with van der Waals surface area (Å²) in [6.45, 7) is 3.96. The van der Waals surface area contributed by atoms with Crippen LogP contribution in [0.4, 0.5) is 0 Å². The molecule has 0 aliphatic heterocycles. The minimum Gasteiger partial charge on any atom is -0.496 e. The largest absolute Gasteiger partial charge is 0.496 e. The van der Waals surface area contributed by atoms with E-state index < -0.39 is 0 Å². The molecular weight excluding hydrogens is 300 g/mol. The van der Waals surface area contributed by atoms with Crippen LogP contribution in [0.1, 0.15) is 34.6 Å². The second-order valence-electron chi connectivity index (χ2n) is 5.83. The van der Waals surface area contributed by atoms with Crippen LogP contribution >= 0.6 is 0 Å². The van der Waals surface area contributed by atoms with Gasteiger partial charge in [0.25, 0.3) is 5.91 Å². The van der Waals surface area contributed by atoms with Crippen molar-refractivity contribution in [3.63, 3.8) is 0 Å². The highest BCUT2D eigenvalue weighted by atomic mass is 16.5. The molecule has 1 atom stereocenters. The zero-order valence-electron chi connectivity index (χ0n) is 14.0. The lowest BCUT2D eigenvalue weighted by molar-refractivity contribution is 0.0935. The minimum absolute atomic E-state index is 0.180. The molecule has 0 spiro atoms. The Morgan fingerprint density at radius 2 is 1.92 bits per heavy atom. The number of benzene rings is 2. The smallest absolute Gasteiger partial charge is 0.270 e. The van der Waals surface area contributed by atoms with Crippen LogP contribution < -0.4 is 10.1 Å². The number of rotatable bonds is 4. The summed E-state index contributed by atoms with van der Waals surface area (Å²) in [7, 11) is 1.63. The van der Waals surface area contributed by atoms with E-state index in [4.69, 9.17) is 4.74 Å². The maximum absolute atomic E-state index is 12.5. The molecule has 0 unspecified atom stereocenters. The fourth-order valence-corrected chi connectivity index (χ4v) is 2.73. The number of aryl methyl sites for hydroxylation is 1. The van der Waals surface area contributed by atoms with E-state index in [1.54, 1.807) is 13.2 Å². The number of hydrogen-bond acceptors (Lipinski definition) is 3. The van der Waals surface area contributed by atoms with E-state index in [1.807, 2.05) is 62.4 Å². The van der Waals surface area contributed by atoms with Gasteiger partial charge in [-0.25, -0.2) is 4.98 Å². The van der Waals surface area contributed by atoms with Gasteiger partial charge in [0.2, 0.25) is 0 Å². The summed E-state index contributed by atoms with van der Waals surface area (Å²) < 4.78 is 5.40. The van der Waals surface area contributed by atoms with Gasteiger partial charge in [0.05, 0.1) is 18.7 Å². The fraction of sp³-hybridized carbons (Fsp3) is 0.200. The van der Waals surface area contributed by atoms with Gasteiger partial charge in [-0.15, -0.1) is 0 Å². The van der Waals surface area contributed by atoms with Crippen molar-refractivity contribution >= 4 is 16.8 Å².